The lowest BCUT2D eigenvalue weighted by Crippen LogP contribution is -2.45. The van der Waals surface area contributed by atoms with Gasteiger partial charge in [0.25, 0.3) is 0 Å². The van der Waals surface area contributed by atoms with Crippen LogP contribution in [0.25, 0.3) is 0 Å². The number of carboxylic acid groups (broad SMARTS) is 1. The normalized spacial score (nSPS) is 21.0. The molecule has 2 rings (SSSR count). The van der Waals surface area contributed by atoms with Crippen LogP contribution in [0.5, 0.6) is 0 Å². The van der Waals surface area contributed by atoms with Gasteiger partial charge in [0.1, 0.15) is 6.26 Å². The predicted molar refractivity (Wildman–Crippen MR) is 55.3 cm³/mol. The monoisotopic (exact) mass is 226 g/mol. The van der Waals surface area contributed by atoms with E-state index in [0.717, 1.165) is 19.3 Å². The van der Waals surface area contributed by atoms with Gasteiger partial charge in [0.15, 0.2) is 0 Å². The predicted octanol–water partition coefficient (Wildman–Crippen LogP) is 0.974. The molecule has 1 aromatic rings. The van der Waals surface area contributed by atoms with E-state index in [4.69, 9.17) is 5.11 Å². The molecular weight excluding hydrogens is 212 g/mol. The van der Waals surface area contributed by atoms with Crippen LogP contribution in [0.3, 0.4) is 0 Å². The van der Waals surface area contributed by atoms with Crippen molar-refractivity contribution in [2.45, 2.75) is 31.8 Å². The molecular formula is C10H14N2O4. The zero-order valence-corrected chi connectivity index (χ0v) is 8.83. The van der Waals surface area contributed by atoms with Crippen LogP contribution in [0.4, 0.5) is 4.79 Å². The summed E-state index contributed by atoms with van der Waals surface area (Å²) in [5, 5.41) is 9.02. The molecule has 1 aliphatic rings. The maximum absolute atomic E-state index is 11.2. The van der Waals surface area contributed by atoms with Crippen LogP contribution in [-0.4, -0.2) is 33.3 Å². The number of hydrogen-bond donors (Lipinski definition) is 1. The van der Waals surface area contributed by atoms with E-state index in [1.165, 1.54) is 21.9 Å². The standard InChI is InChI=1S/C10H14N2O4/c13-9(14)12-4-2-1-3-8(12)7-11-5-6-16-10(11)15/h5-6,8H,1-4,7H2,(H,13,14). The molecule has 1 atom stereocenters. The lowest BCUT2D eigenvalue weighted by atomic mass is 10.0. The Labute approximate surface area is 92.1 Å². The molecule has 1 fully saturated rings. The second-order valence-corrected chi connectivity index (χ2v) is 3.95. The summed E-state index contributed by atoms with van der Waals surface area (Å²) >= 11 is 0. The van der Waals surface area contributed by atoms with Crippen LogP contribution in [0.15, 0.2) is 21.7 Å². The first-order valence-corrected chi connectivity index (χ1v) is 5.32. The highest BCUT2D eigenvalue weighted by molar-refractivity contribution is 5.65. The Hall–Kier alpha value is -1.72. The van der Waals surface area contributed by atoms with Gasteiger partial charge in [-0.3, -0.25) is 4.57 Å². The summed E-state index contributed by atoms with van der Waals surface area (Å²) in [6.07, 6.45) is 4.63. The van der Waals surface area contributed by atoms with Gasteiger partial charge < -0.3 is 14.4 Å². The lowest BCUT2D eigenvalue weighted by Gasteiger charge is -2.33. The third-order valence-corrected chi connectivity index (χ3v) is 2.92. The van der Waals surface area contributed by atoms with Crippen LogP contribution >= 0.6 is 0 Å². The highest BCUT2D eigenvalue weighted by atomic mass is 16.4. The van der Waals surface area contributed by atoms with Gasteiger partial charge in [-0.05, 0) is 19.3 Å². The minimum atomic E-state index is -0.916. The van der Waals surface area contributed by atoms with Crippen molar-refractivity contribution < 1.29 is 14.3 Å². The summed E-state index contributed by atoms with van der Waals surface area (Å²) < 4.78 is 6.05. The van der Waals surface area contributed by atoms with Crippen LogP contribution in [0, 0.1) is 0 Å². The summed E-state index contributed by atoms with van der Waals surface area (Å²) in [4.78, 5) is 23.6. The molecule has 6 nitrogen and oxygen atoms in total. The summed E-state index contributed by atoms with van der Waals surface area (Å²) in [5.74, 6) is -0.434. The van der Waals surface area contributed by atoms with Crippen molar-refractivity contribution in [1.82, 2.24) is 9.47 Å². The molecule has 1 N–H and O–H groups in total. The molecule has 0 saturated carbocycles. The Morgan fingerprint density at radius 3 is 3.00 bits per heavy atom. The van der Waals surface area contributed by atoms with Crippen molar-refractivity contribution in [2.75, 3.05) is 6.54 Å². The van der Waals surface area contributed by atoms with Gasteiger partial charge in [0.2, 0.25) is 0 Å². The van der Waals surface area contributed by atoms with Crippen molar-refractivity contribution in [2.24, 2.45) is 0 Å². The number of amides is 1. The molecule has 1 amide bonds. The first-order chi connectivity index (χ1) is 7.68. The summed E-state index contributed by atoms with van der Waals surface area (Å²) in [6, 6.07) is -0.124. The zero-order chi connectivity index (χ0) is 11.5. The Morgan fingerprint density at radius 1 is 1.56 bits per heavy atom. The minimum absolute atomic E-state index is 0.124. The highest BCUT2D eigenvalue weighted by Crippen LogP contribution is 2.18. The maximum Gasteiger partial charge on any atom is 0.418 e. The molecule has 6 heteroatoms. The van der Waals surface area contributed by atoms with Crippen molar-refractivity contribution in [3.8, 4) is 0 Å². The zero-order valence-electron chi connectivity index (χ0n) is 8.83. The Bertz CT molecular complexity index is 422. The smallest absolute Gasteiger partial charge is 0.418 e. The number of likely N-dealkylation sites (tertiary alicyclic amines) is 1. The number of aromatic nitrogens is 1. The van der Waals surface area contributed by atoms with Gasteiger partial charge in [0, 0.05) is 19.3 Å². The van der Waals surface area contributed by atoms with Gasteiger partial charge >= 0.3 is 11.8 Å². The molecule has 1 aliphatic heterocycles. The summed E-state index contributed by atoms with van der Waals surface area (Å²) in [5.41, 5.74) is 0. The fraction of sp³-hybridized carbons (Fsp3) is 0.600. The molecule has 0 spiro atoms. The highest BCUT2D eigenvalue weighted by Gasteiger charge is 2.26. The topological polar surface area (TPSA) is 75.7 Å². The van der Waals surface area contributed by atoms with Crippen LogP contribution < -0.4 is 5.76 Å². The quantitative estimate of drug-likeness (QED) is 0.815. The number of hydrogen-bond acceptors (Lipinski definition) is 3. The fourth-order valence-corrected chi connectivity index (χ4v) is 2.10. The van der Waals surface area contributed by atoms with Gasteiger partial charge in [-0.2, -0.15) is 0 Å². The lowest BCUT2D eigenvalue weighted by molar-refractivity contribution is 0.0992. The molecule has 0 aliphatic carbocycles. The third kappa shape index (κ3) is 2.10. The third-order valence-electron chi connectivity index (χ3n) is 2.92. The van der Waals surface area contributed by atoms with Crippen molar-refractivity contribution in [3.05, 3.63) is 23.0 Å². The Morgan fingerprint density at radius 2 is 2.38 bits per heavy atom. The van der Waals surface area contributed by atoms with E-state index < -0.39 is 11.8 Å². The molecule has 0 bridgehead atoms. The molecule has 88 valence electrons. The van der Waals surface area contributed by atoms with Gasteiger partial charge in [-0.15, -0.1) is 0 Å². The van der Waals surface area contributed by atoms with Crippen LogP contribution in [-0.2, 0) is 6.54 Å². The largest absolute Gasteiger partial charge is 0.465 e. The number of oxazole rings is 1. The van der Waals surface area contributed by atoms with Crippen LogP contribution in [0.1, 0.15) is 19.3 Å². The van der Waals surface area contributed by atoms with Crippen LogP contribution in [0.2, 0.25) is 0 Å². The van der Waals surface area contributed by atoms with Crippen molar-refractivity contribution in [3.63, 3.8) is 0 Å². The van der Waals surface area contributed by atoms with E-state index >= 15 is 0 Å². The first kappa shape index (κ1) is 10.8. The molecule has 16 heavy (non-hydrogen) atoms. The second-order valence-electron chi connectivity index (χ2n) is 3.95. The van der Waals surface area contributed by atoms with Crippen molar-refractivity contribution in [1.29, 1.82) is 0 Å². The van der Waals surface area contributed by atoms with E-state index in [-0.39, 0.29) is 6.04 Å². The first-order valence-electron chi connectivity index (χ1n) is 5.32. The number of rotatable bonds is 2. The van der Waals surface area contributed by atoms with Crippen molar-refractivity contribution >= 4 is 6.09 Å². The Balaban J connectivity index is 2.10. The van der Waals surface area contributed by atoms with E-state index in [1.54, 1.807) is 0 Å². The number of carbonyl (C=O) groups is 1. The SMILES string of the molecule is O=C(O)N1CCCCC1Cn1ccoc1=O. The summed E-state index contributed by atoms with van der Waals surface area (Å²) in [6.45, 7) is 0.925. The molecule has 1 saturated heterocycles. The number of nitrogens with zero attached hydrogens (tertiary/aromatic N) is 2. The molecule has 0 aromatic carbocycles. The van der Waals surface area contributed by atoms with Gasteiger partial charge in [-0.25, -0.2) is 9.59 Å². The van der Waals surface area contributed by atoms with E-state index in [2.05, 4.69) is 4.42 Å². The summed E-state index contributed by atoms with van der Waals surface area (Å²) in [7, 11) is 0. The van der Waals surface area contributed by atoms with Gasteiger partial charge in [-0.1, -0.05) is 0 Å². The van der Waals surface area contributed by atoms with E-state index in [1.807, 2.05) is 0 Å². The molecule has 2 heterocycles. The number of piperidine rings is 1. The fourth-order valence-electron chi connectivity index (χ4n) is 2.10. The molecule has 1 unspecified atom stereocenters. The Kier molecular flexibility index (Phi) is 2.98. The van der Waals surface area contributed by atoms with Gasteiger partial charge in [0.05, 0.1) is 6.04 Å². The molecule has 0 radical (unpaired) electrons. The second kappa shape index (κ2) is 4.42. The minimum Gasteiger partial charge on any atom is -0.465 e. The maximum atomic E-state index is 11.2. The van der Waals surface area contributed by atoms with E-state index in [0.29, 0.717) is 13.1 Å². The average molecular weight is 226 g/mol. The average Bonchev–Trinajstić information content (AvgIpc) is 2.65. The van der Waals surface area contributed by atoms with E-state index in [9.17, 15) is 9.59 Å². The molecule has 1 aromatic heterocycles.